The zero-order valence-corrected chi connectivity index (χ0v) is 16.5. The van der Waals surface area contributed by atoms with Crippen molar-refractivity contribution in [1.82, 2.24) is 9.88 Å². The zero-order chi connectivity index (χ0) is 20.9. The number of nitrogens with zero attached hydrogens (tertiary/aromatic N) is 2. The van der Waals surface area contributed by atoms with E-state index in [1.54, 1.807) is 17.0 Å². The van der Waals surface area contributed by atoms with Crippen LogP contribution in [0.2, 0.25) is 0 Å². The summed E-state index contributed by atoms with van der Waals surface area (Å²) in [5, 5.41) is 2.87. The molecular weight excluding hydrogens is 367 g/mol. The predicted octanol–water partition coefficient (Wildman–Crippen LogP) is 5.60. The van der Waals surface area contributed by atoms with E-state index < -0.39 is 11.7 Å². The van der Waals surface area contributed by atoms with Crippen molar-refractivity contribution in [2.45, 2.75) is 33.9 Å². The van der Waals surface area contributed by atoms with Gasteiger partial charge in [-0.1, -0.05) is 33.8 Å². The number of rotatable bonds is 7. The van der Waals surface area contributed by atoms with Gasteiger partial charge in [-0.15, -0.1) is 0 Å². The highest BCUT2D eigenvalue weighted by Gasteiger charge is 2.30. The van der Waals surface area contributed by atoms with Crippen molar-refractivity contribution in [2.24, 2.45) is 11.8 Å². The van der Waals surface area contributed by atoms with Gasteiger partial charge in [0.15, 0.2) is 0 Å². The molecule has 1 heterocycles. The summed E-state index contributed by atoms with van der Waals surface area (Å²) in [6.45, 7) is 9.32. The zero-order valence-electron chi connectivity index (χ0n) is 16.5. The van der Waals surface area contributed by atoms with Gasteiger partial charge in [0.1, 0.15) is 5.82 Å². The predicted molar refractivity (Wildman–Crippen MR) is 105 cm³/mol. The number of hydrogen-bond acceptors (Lipinski definition) is 3. The minimum Gasteiger partial charge on any atom is -0.340 e. The third-order valence-electron chi connectivity index (χ3n) is 3.95. The molecule has 0 aliphatic carbocycles. The van der Waals surface area contributed by atoms with Crippen molar-refractivity contribution in [3.05, 3.63) is 53.7 Å². The first kappa shape index (κ1) is 21.7. The van der Waals surface area contributed by atoms with Crippen LogP contribution in [0.3, 0.4) is 0 Å². The molecule has 0 saturated carbocycles. The second-order valence-electron chi connectivity index (χ2n) is 7.60. The van der Waals surface area contributed by atoms with E-state index in [1.807, 2.05) is 27.7 Å². The molecule has 152 valence electrons. The number of anilines is 2. The number of nitrogens with one attached hydrogen (secondary N) is 1. The number of hydrogen-bond donors (Lipinski definition) is 1. The van der Waals surface area contributed by atoms with E-state index in [2.05, 4.69) is 10.3 Å². The molecule has 0 atom stereocenters. The third-order valence-corrected chi connectivity index (χ3v) is 3.95. The molecule has 1 aromatic heterocycles. The van der Waals surface area contributed by atoms with Crippen LogP contribution in [0.1, 0.15) is 43.6 Å². The van der Waals surface area contributed by atoms with E-state index in [4.69, 9.17) is 0 Å². The first-order valence-corrected chi connectivity index (χ1v) is 9.26. The topological polar surface area (TPSA) is 45.2 Å². The average Bonchev–Trinajstić information content (AvgIpc) is 2.60. The number of halogens is 3. The Morgan fingerprint density at radius 2 is 1.71 bits per heavy atom. The maximum Gasteiger partial charge on any atom is 0.416 e. The number of carbonyl (C=O) groups excluding carboxylic acids is 1. The summed E-state index contributed by atoms with van der Waals surface area (Å²) < 4.78 is 38.9. The Bertz CT molecular complexity index is 793. The van der Waals surface area contributed by atoms with Crippen LogP contribution in [0.25, 0.3) is 0 Å². The van der Waals surface area contributed by atoms with Crippen molar-refractivity contribution in [2.75, 3.05) is 18.4 Å². The highest BCUT2D eigenvalue weighted by Crippen LogP contribution is 2.31. The van der Waals surface area contributed by atoms with Gasteiger partial charge in [-0.2, -0.15) is 13.2 Å². The molecule has 0 aliphatic heterocycles. The van der Waals surface area contributed by atoms with Gasteiger partial charge in [0, 0.05) is 25.0 Å². The minimum atomic E-state index is -4.44. The van der Waals surface area contributed by atoms with Crippen molar-refractivity contribution in [3.63, 3.8) is 0 Å². The summed E-state index contributed by atoms with van der Waals surface area (Å²) in [5.74, 6) is 0.632. The number of pyridine rings is 1. The Balaban J connectivity index is 2.33. The summed E-state index contributed by atoms with van der Waals surface area (Å²) in [7, 11) is 0. The normalized spacial score (nSPS) is 11.8. The van der Waals surface area contributed by atoms with Crippen LogP contribution >= 0.6 is 0 Å². The Kier molecular flexibility index (Phi) is 7.05. The van der Waals surface area contributed by atoms with Gasteiger partial charge in [-0.25, -0.2) is 4.98 Å². The number of amides is 1. The SMILES string of the molecule is CC(C)CN(CC(C)C)C(=O)c1cccnc1Nc1cccc(C(F)(F)F)c1. The van der Waals surface area contributed by atoms with Gasteiger partial charge in [0.25, 0.3) is 5.91 Å². The highest BCUT2D eigenvalue weighted by molar-refractivity contribution is 5.99. The molecule has 7 heteroatoms. The standard InChI is InChI=1S/C21H26F3N3O/c1-14(2)12-27(13-15(3)4)20(28)18-9-6-10-25-19(18)26-17-8-5-7-16(11-17)21(22,23)24/h5-11,14-15H,12-13H2,1-4H3,(H,25,26). The number of carbonyl (C=O) groups is 1. The van der Waals surface area contributed by atoms with Gasteiger partial charge in [0.05, 0.1) is 11.1 Å². The first-order chi connectivity index (χ1) is 13.1. The molecule has 2 rings (SSSR count). The van der Waals surface area contributed by atoms with Gasteiger partial charge in [0.2, 0.25) is 0 Å². The summed E-state index contributed by atoms with van der Waals surface area (Å²) in [6.07, 6.45) is -2.94. The van der Waals surface area contributed by atoms with Gasteiger partial charge in [-0.05, 0) is 42.2 Å². The average molecular weight is 393 g/mol. The highest BCUT2D eigenvalue weighted by atomic mass is 19.4. The molecule has 0 radical (unpaired) electrons. The smallest absolute Gasteiger partial charge is 0.340 e. The molecular formula is C21H26F3N3O. The van der Waals surface area contributed by atoms with Crippen LogP contribution in [0.4, 0.5) is 24.7 Å². The van der Waals surface area contributed by atoms with E-state index >= 15 is 0 Å². The summed E-state index contributed by atoms with van der Waals surface area (Å²) in [6, 6.07) is 8.12. The van der Waals surface area contributed by atoms with E-state index in [0.717, 1.165) is 12.1 Å². The molecule has 0 bridgehead atoms. The molecule has 1 amide bonds. The van der Waals surface area contributed by atoms with E-state index in [9.17, 15) is 18.0 Å². The van der Waals surface area contributed by atoms with Gasteiger partial charge in [-0.3, -0.25) is 4.79 Å². The fourth-order valence-electron chi connectivity index (χ4n) is 2.88. The summed E-state index contributed by atoms with van der Waals surface area (Å²) in [4.78, 5) is 19.1. The molecule has 1 aromatic carbocycles. The third kappa shape index (κ3) is 5.97. The number of benzene rings is 1. The second-order valence-corrected chi connectivity index (χ2v) is 7.60. The molecule has 0 unspecified atom stereocenters. The van der Waals surface area contributed by atoms with Crippen LogP contribution in [-0.4, -0.2) is 28.9 Å². The van der Waals surface area contributed by atoms with Crippen LogP contribution < -0.4 is 5.32 Å². The van der Waals surface area contributed by atoms with E-state index in [-0.39, 0.29) is 17.4 Å². The lowest BCUT2D eigenvalue weighted by Gasteiger charge is -2.27. The Morgan fingerprint density at radius 1 is 1.07 bits per heavy atom. The Labute approximate surface area is 163 Å². The van der Waals surface area contributed by atoms with Gasteiger partial charge < -0.3 is 10.2 Å². The molecule has 4 nitrogen and oxygen atoms in total. The van der Waals surface area contributed by atoms with Crippen molar-refractivity contribution >= 4 is 17.4 Å². The fourth-order valence-corrected chi connectivity index (χ4v) is 2.88. The van der Waals surface area contributed by atoms with Crippen molar-refractivity contribution in [1.29, 1.82) is 0 Å². The second kappa shape index (κ2) is 9.08. The Hall–Kier alpha value is -2.57. The van der Waals surface area contributed by atoms with Crippen molar-refractivity contribution < 1.29 is 18.0 Å². The maximum absolute atomic E-state index is 13.1. The lowest BCUT2D eigenvalue weighted by atomic mass is 10.1. The largest absolute Gasteiger partial charge is 0.416 e. The lowest BCUT2D eigenvalue weighted by Crippen LogP contribution is -2.37. The van der Waals surface area contributed by atoms with E-state index in [1.165, 1.54) is 18.3 Å². The first-order valence-electron chi connectivity index (χ1n) is 9.26. The minimum absolute atomic E-state index is 0.190. The summed E-state index contributed by atoms with van der Waals surface area (Å²) >= 11 is 0. The van der Waals surface area contributed by atoms with Crippen LogP contribution in [0.15, 0.2) is 42.6 Å². The Morgan fingerprint density at radius 3 is 2.29 bits per heavy atom. The number of alkyl halides is 3. The van der Waals surface area contributed by atoms with Crippen LogP contribution in [0, 0.1) is 11.8 Å². The molecule has 2 aromatic rings. The lowest BCUT2D eigenvalue weighted by molar-refractivity contribution is -0.137. The fraction of sp³-hybridized carbons (Fsp3) is 0.429. The molecule has 0 spiro atoms. The van der Waals surface area contributed by atoms with E-state index in [0.29, 0.717) is 30.5 Å². The molecule has 0 aliphatic rings. The number of aromatic nitrogens is 1. The van der Waals surface area contributed by atoms with Crippen molar-refractivity contribution in [3.8, 4) is 0 Å². The van der Waals surface area contributed by atoms with Crippen LogP contribution in [-0.2, 0) is 6.18 Å². The molecule has 0 fully saturated rings. The monoisotopic (exact) mass is 393 g/mol. The maximum atomic E-state index is 13.1. The summed E-state index contributed by atoms with van der Waals surface area (Å²) in [5.41, 5.74) is -0.203. The molecule has 1 N–H and O–H groups in total. The molecule has 0 saturated heterocycles. The van der Waals surface area contributed by atoms with Crippen LogP contribution in [0.5, 0.6) is 0 Å². The molecule has 28 heavy (non-hydrogen) atoms. The quantitative estimate of drug-likeness (QED) is 0.666. The van der Waals surface area contributed by atoms with Gasteiger partial charge >= 0.3 is 6.18 Å².